The molecule has 1 aliphatic heterocycles. The number of amides is 1. The number of para-hydroxylation sites is 2. The van der Waals surface area contributed by atoms with Crippen LogP contribution in [0.1, 0.15) is 19.3 Å². The minimum atomic E-state index is -3.45. The Morgan fingerprint density at radius 1 is 1.00 bits per heavy atom. The van der Waals surface area contributed by atoms with Crippen molar-refractivity contribution in [3.63, 3.8) is 0 Å². The van der Waals surface area contributed by atoms with Crippen molar-refractivity contribution < 1.29 is 17.9 Å². The van der Waals surface area contributed by atoms with Gasteiger partial charge in [0.15, 0.2) is 9.84 Å². The monoisotopic (exact) mass is 425 g/mol. The van der Waals surface area contributed by atoms with E-state index in [-0.39, 0.29) is 29.1 Å². The summed E-state index contributed by atoms with van der Waals surface area (Å²) in [5.74, 6) is 0.157. The third-order valence-electron chi connectivity index (χ3n) is 5.20. The first kappa shape index (κ1) is 20.3. The number of fused-ring (bicyclic) bond motifs is 1. The molecule has 0 spiro atoms. The first-order valence-electron chi connectivity index (χ1n) is 9.95. The number of carbonyl (C=O) groups is 1. The fraction of sp³-hybridized carbons (Fsp3) is 0.318. The summed E-state index contributed by atoms with van der Waals surface area (Å²) in [7, 11) is -3.45. The van der Waals surface area contributed by atoms with Gasteiger partial charge in [-0.25, -0.2) is 18.4 Å². The zero-order chi connectivity index (χ0) is 21.0. The Kier molecular flexibility index (Phi) is 5.94. The average Bonchev–Trinajstić information content (AvgIpc) is 2.78. The van der Waals surface area contributed by atoms with E-state index in [0.717, 1.165) is 11.0 Å². The van der Waals surface area contributed by atoms with E-state index >= 15 is 0 Å². The van der Waals surface area contributed by atoms with Crippen molar-refractivity contribution in [1.82, 2.24) is 14.9 Å². The number of nitrogens with zero attached hydrogens (tertiary/aromatic N) is 3. The van der Waals surface area contributed by atoms with Crippen LogP contribution >= 0.6 is 0 Å². The molecule has 0 bridgehead atoms. The quantitative estimate of drug-likeness (QED) is 0.603. The Labute approximate surface area is 175 Å². The molecule has 1 saturated heterocycles. The summed E-state index contributed by atoms with van der Waals surface area (Å²) in [6, 6.07) is 15.8. The molecule has 0 atom stereocenters. The van der Waals surface area contributed by atoms with Crippen LogP contribution in [0.5, 0.6) is 5.88 Å². The highest BCUT2D eigenvalue weighted by molar-refractivity contribution is 7.91. The summed E-state index contributed by atoms with van der Waals surface area (Å²) in [6.07, 6.45) is 2.91. The number of hydrogen-bond acceptors (Lipinski definition) is 6. The van der Waals surface area contributed by atoms with Crippen molar-refractivity contribution in [3.8, 4) is 5.88 Å². The largest absolute Gasteiger partial charge is 0.473 e. The number of carbonyl (C=O) groups excluding carboxylic acids is 1. The molecule has 0 unspecified atom stereocenters. The molecule has 1 aliphatic rings. The van der Waals surface area contributed by atoms with E-state index in [1.807, 2.05) is 24.3 Å². The SMILES string of the molecule is O=C(CCS(=O)(=O)c1ccccc1)N1CCC(Oc2cnc3ccccc3n2)CC1. The van der Waals surface area contributed by atoms with Crippen LogP contribution in [0, 0.1) is 0 Å². The zero-order valence-electron chi connectivity index (χ0n) is 16.5. The van der Waals surface area contributed by atoms with Crippen molar-refractivity contribution in [3.05, 3.63) is 60.8 Å². The van der Waals surface area contributed by atoms with Crippen LogP contribution < -0.4 is 4.74 Å². The number of sulfone groups is 1. The molecule has 2 heterocycles. The van der Waals surface area contributed by atoms with Crippen molar-refractivity contribution in [2.75, 3.05) is 18.8 Å². The Balaban J connectivity index is 1.28. The summed E-state index contributed by atoms with van der Waals surface area (Å²) in [6.45, 7) is 1.08. The summed E-state index contributed by atoms with van der Waals surface area (Å²) < 4.78 is 30.7. The second-order valence-electron chi connectivity index (χ2n) is 7.28. The predicted octanol–water partition coefficient (Wildman–Crippen LogP) is 2.86. The molecule has 1 aromatic heterocycles. The molecular weight excluding hydrogens is 402 g/mol. The van der Waals surface area contributed by atoms with Gasteiger partial charge in [0.05, 0.1) is 27.9 Å². The first-order chi connectivity index (χ1) is 14.5. The van der Waals surface area contributed by atoms with Crippen LogP contribution in [0.15, 0.2) is 65.7 Å². The molecule has 30 heavy (non-hydrogen) atoms. The number of ether oxygens (including phenoxy) is 1. The number of hydrogen-bond donors (Lipinski definition) is 0. The van der Waals surface area contributed by atoms with Gasteiger partial charge in [0.1, 0.15) is 6.10 Å². The Bertz CT molecular complexity index is 1130. The molecule has 4 rings (SSSR count). The van der Waals surface area contributed by atoms with Gasteiger partial charge < -0.3 is 9.64 Å². The van der Waals surface area contributed by atoms with Gasteiger partial charge in [0.2, 0.25) is 11.8 Å². The van der Waals surface area contributed by atoms with Crippen molar-refractivity contribution in [1.29, 1.82) is 0 Å². The third kappa shape index (κ3) is 4.76. The molecule has 1 fully saturated rings. The Hall–Kier alpha value is -3.00. The summed E-state index contributed by atoms with van der Waals surface area (Å²) in [4.78, 5) is 23.3. The van der Waals surface area contributed by atoms with E-state index in [4.69, 9.17) is 4.74 Å². The second-order valence-corrected chi connectivity index (χ2v) is 9.39. The highest BCUT2D eigenvalue weighted by atomic mass is 32.2. The molecule has 2 aromatic carbocycles. The maximum absolute atomic E-state index is 12.5. The minimum absolute atomic E-state index is 0.0150. The summed E-state index contributed by atoms with van der Waals surface area (Å²) >= 11 is 0. The zero-order valence-corrected chi connectivity index (χ0v) is 17.3. The van der Waals surface area contributed by atoms with E-state index in [1.165, 1.54) is 0 Å². The highest BCUT2D eigenvalue weighted by Gasteiger charge is 2.25. The standard InChI is InChI=1S/C22H23N3O4S/c26-22(12-15-30(27,28)18-6-2-1-3-7-18)25-13-10-17(11-14-25)29-21-16-23-19-8-4-5-9-20(19)24-21/h1-9,16-17H,10-15H2. The van der Waals surface area contributed by atoms with Gasteiger partial charge in [0.25, 0.3) is 0 Å². The van der Waals surface area contributed by atoms with Crippen LogP contribution in [0.4, 0.5) is 0 Å². The van der Waals surface area contributed by atoms with Crippen LogP contribution in [-0.2, 0) is 14.6 Å². The van der Waals surface area contributed by atoms with Gasteiger partial charge >= 0.3 is 0 Å². The lowest BCUT2D eigenvalue weighted by Crippen LogP contribution is -2.42. The van der Waals surface area contributed by atoms with Crippen molar-refractivity contribution in [2.45, 2.75) is 30.3 Å². The molecule has 1 amide bonds. The molecular formula is C22H23N3O4S. The molecule has 0 saturated carbocycles. The van der Waals surface area contributed by atoms with E-state index in [1.54, 1.807) is 41.4 Å². The van der Waals surface area contributed by atoms with Gasteiger partial charge in [-0.15, -0.1) is 0 Å². The topological polar surface area (TPSA) is 89.5 Å². The maximum atomic E-state index is 12.5. The fourth-order valence-electron chi connectivity index (χ4n) is 3.52. The third-order valence-corrected chi connectivity index (χ3v) is 6.93. The summed E-state index contributed by atoms with van der Waals surface area (Å²) in [5, 5.41) is 0. The number of piperidine rings is 1. The van der Waals surface area contributed by atoms with Crippen LogP contribution in [0.2, 0.25) is 0 Å². The van der Waals surface area contributed by atoms with Gasteiger partial charge in [-0.3, -0.25) is 4.79 Å². The maximum Gasteiger partial charge on any atom is 0.233 e. The normalized spacial score (nSPS) is 15.3. The average molecular weight is 426 g/mol. The Morgan fingerprint density at radius 2 is 1.67 bits per heavy atom. The van der Waals surface area contributed by atoms with Crippen LogP contribution in [-0.4, -0.2) is 54.1 Å². The first-order valence-corrected chi connectivity index (χ1v) is 11.6. The number of benzene rings is 2. The molecule has 0 radical (unpaired) electrons. The van der Waals surface area contributed by atoms with E-state index in [0.29, 0.717) is 31.8 Å². The molecule has 0 N–H and O–H groups in total. The van der Waals surface area contributed by atoms with Gasteiger partial charge in [-0.05, 0) is 24.3 Å². The van der Waals surface area contributed by atoms with E-state index in [2.05, 4.69) is 9.97 Å². The summed E-state index contributed by atoms with van der Waals surface area (Å²) in [5.41, 5.74) is 1.60. The minimum Gasteiger partial charge on any atom is -0.473 e. The molecule has 0 aliphatic carbocycles. The number of rotatable bonds is 6. The lowest BCUT2D eigenvalue weighted by atomic mass is 10.1. The predicted molar refractivity (Wildman–Crippen MR) is 113 cm³/mol. The van der Waals surface area contributed by atoms with Crippen LogP contribution in [0.25, 0.3) is 11.0 Å². The van der Waals surface area contributed by atoms with Gasteiger partial charge in [-0.2, -0.15) is 0 Å². The number of aromatic nitrogens is 2. The highest BCUT2D eigenvalue weighted by Crippen LogP contribution is 2.20. The van der Waals surface area contributed by atoms with E-state index < -0.39 is 9.84 Å². The number of likely N-dealkylation sites (tertiary alicyclic amines) is 1. The molecule has 8 heteroatoms. The lowest BCUT2D eigenvalue weighted by Gasteiger charge is -2.32. The molecule has 3 aromatic rings. The van der Waals surface area contributed by atoms with E-state index in [9.17, 15) is 13.2 Å². The van der Waals surface area contributed by atoms with Crippen molar-refractivity contribution in [2.24, 2.45) is 0 Å². The smallest absolute Gasteiger partial charge is 0.233 e. The molecule has 156 valence electrons. The van der Waals surface area contributed by atoms with Crippen molar-refractivity contribution >= 4 is 26.8 Å². The fourth-order valence-corrected chi connectivity index (χ4v) is 4.77. The second kappa shape index (κ2) is 8.79. The van der Waals surface area contributed by atoms with Crippen LogP contribution in [0.3, 0.4) is 0 Å². The molecule has 7 nitrogen and oxygen atoms in total. The lowest BCUT2D eigenvalue weighted by molar-refractivity contribution is -0.132. The van der Waals surface area contributed by atoms with Gasteiger partial charge in [0, 0.05) is 32.4 Å². The van der Waals surface area contributed by atoms with Gasteiger partial charge in [-0.1, -0.05) is 30.3 Å². The Morgan fingerprint density at radius 3 is 2.40 bits per heavy atom.